The first-order chi connectivity index (χ1) is 17.3. The highest BCUT2D eigenvalue weighted by atomic mass is 32.1. The predicted molar refractivity (Wildman–Crippen MR) is 140 cm³/mol. The summed E-state index contributed by atoms with van der Waals surface area (Å²) >= 11 is 1.55. The molecule has 184 valence electrons. The van der Waals surface area contributed by atoms with Crippen LogP contribution in [-0.2, 0) is 17.9 Å². The molecule has 2 aromatic heterocycles. The minimum atomic E-state index is -1.23. The molecule has 1 atom stereocenters. The van der Waals surface area contributed by atoms with Crippen LogP contribution in [0.2, 0.25) is 0 Å². The molecule has 0 saturated carbocycles. The Morgan fingerprint density at radius 3 is 2.50 bits per heavy atom. The Morgan fingerprint density at radius 2 is 1.86 bits per heavy atom. The molecule has 0 radical (unpaired) electrons. The second kappa shape index (κ2) is 9.35. The lowest BCUT2D eigenvalue weighted by atomic mass is 9.93. The van der Waals surface area contributed by atoms with Gasteiger partial charge in [0.15, 0.2) is 0 Å². The standard InChI is InChI=1S/C28H27FN4O2S/c1-18(2)20-8-12-22(13-9-20)33-26(34)24-15-23(25-5-4-14-36-25)31-32(24)17-28(33,3)27(35)30-16-19-6-10-21(29)11-7-19/h4-15,18H,16-17H2,1-3H3,(H,30,35)/t28-/m0/s1. The number of hydrogen-bond donors (Lipinski definition) is 1. The molecule has 1 aliphatic heterocycles. The Labute approximate surface area is 213 Å². The zero-order valence-corrected chi connectivity index (χ0v) is 21.2. The summed E-state index contributed by atoms with van der Waals surface area (Å²) in [5.74, 6) is -0.588. The number of benzene rings is 2. The van der Waals surface area contributed by atoms with Crippen LogP contribution in [0.5, 0.6) is 0 Å². The lowest BCUT2D eigenvalue weighted by Crippen LogP contribution is -2.64. The zero-order chi connectivity index (χ0) is 25.4. The van der Waals surface area contributed by atoms with Crippen molar-refractivity contribution in [1.82, 2.24) is 15.1 Å². The number of thiophene rings is 1. The number of anilines is 1. The summed E-state index contributed by atoms with van der Waals surface area (Å²) in [6.45, 7) is 6.39. The van der Waals surface area contributed by atoms with Gasteiger partial charge in [-0.25, -0.2) is 4.39 Å². The predicted octanol–water partition coefficient (Wildman–Crippen LogP) is 5.61. The highest BCUT2D eigenvalue weighted by Crippen LogP contribution is 2.35. The third-order valence-corrected chi connectivity index (χ3v) is 7.49. The normalized spacial score (nSPS) is 17.4. The van der Waals surface area contributed by atoms with Crippen molar-refractivity contribution in [2.24, 2.45) is 0 Å². The van der Waals surface area contributed by atoms with Crippen molar-refractivity contribution in [2.45, 2.75) is 45.3 Å². The van der Waals surface area contributed by atoms with Gasteiger partial charge in [-0.15, -0.1) is 11.3 Å². The van der Waals surface area contributed by atoms with Gasteiger partial charge in [-0.05, 0) is 65.7 Å². The molecule has 2 aromatic carbocycles. The van der Waals surface area contributed by atoms with Crippen molar-refractivity contribution < 1.29 is 14.0 Å². The van der Waals surface area contributed by atoms with Crippen LogP contribution in [0.3, 0.4) is 0 Å². The monoisotopic (exact) mass is 502 g/mol. The third-order valence-electron chi connectivity index (χ3n) is 6.60. The summed E-state index contributed by atoms with van der Waals surface area (Å²) in [6.07, 6.45) is 0. The fraction of sp³-hybridized carbons (Fsp3) is 0.250. The number of hydrogen-bond acceptors (Lipinski definition) is 4. The Hall–Kier alpha value is -3.78. The minimum Gasteiger partial charge on any atom is -0.350 e. The molecule has 0 spiro atoms. The summed E-state index contributed by atoms with van der Waals surface area (Å²) in [5, 5.41) is 9.59. The maximum Gasteiger partial charge on any atom is 0.277 e. The number of nitrogens with one attached hydrogen (secondary N) is 1. The first-order valence-electron chi connectivity index (χ1n) is 11.9. The Kier molecular flexibility index (Phi) is 6.22. The topological polar surface area (TPSA) is 67.2 Å². The van der Waals surface area contributed by atoms with Crippen LogP contribution >= 0.6 is 11.3 Å². The molecule has 8 heteroatoms. The molecule has 1 N–H and O–H groups in total. The van der Waals surface area contributed by atoms with Gasteiger partial charge in [0.2, 0.25) is 5.91 Å². The van der Waals surface area contributed by atoms with E-state index in [1.807, 2.05) is 41.8 Å². The van der Waals surface area contributed by atoms with Gasteiger partial charge in [0.25, 0.3) is 5.91 Å². The smallest absolute Gasteiger partial charge is 0.277 e. The summed E-state index contributed by atoms with van der Waals surface area (Å²) in [6, 6.07) is 19.4. The van der Waals surface area contributed by atoms with E-state index in [9.17, 15) is 14.0 Å². The van der Waals surface area contributed by atoms with E-state index >= 15 is 0 Å². The highest BCUT2D eigenvalue weighted by Gasteiger charge is 2.48. The lowest BCUT2D eigenvalue weighted by molar-refractivity contribution is -0.126. The van der Waals surface area contributed by atoms with E-state index in [4.69, 9.17) is 0 Å². The van der Waals surface area contributed by atoms with E-state index in [1.54, 1.807) is 46.0 Å². The number of fused-ring (bicyclic) bond motifs is 1. The summed E-state index contributed by atoms with van der Waals surface area (Å²) in [4.78, 5) is 30.1. The molecular weight excluding hydrogens is 475 g/mol. The van der Waals surface area contributed by atoms with Crippen molar-refractivity contribution >= 4 is 28.8 Å². The first kappa shape index (κ1) is 23.9. The van der Waals surface area contributed by atoms with Crippen LogP contribution in [0.1, 0.15) is 48.3 Å². The molecule has 6 nitrogen and oxygen atoms in total. The van der Waals surface area contributed by atoms with Crippen LogP contribution in [0.25, 0.3) is 10.6 Å². The fourth-order valence-corrected chi connectivity index (χ4v) is 5.20. The van der Waals surface area contributed by atoms with E-state index in [1.165, 1.54) is 12.1 Å². The largest absolute Gasteiger partial charge is 0.350 e. The first-order valence-corrected chi connectivity index (χ1v) is 12.7. The van der Waals surface area contributed by atoms with E-state index < -0.39 is 5.54 Å². The quantitative estimate of drug-likeness (QED) is 0.373. The molecule has 0 saturated heterocycles. The van der Waals surface area contributed by atoms with E-state index in [-0.39, 0.29) is 30.7 Å². The van der Waals surface area contributed by atoms with Crippen molar-refractivity contribution in [2.75, 3.05) is 4.90 Å². The van der Waals surface area contributed by atoms with Gasteiger partial charge in [0.1, 0.15) is 22.7 Å². The fourth-order valence-electron chi connectivity index (χ4n) is 4.51. The number of rotatable bonds is 6. The molecule has 3 heterocycles. The minimum absolute atomic E-state index is 0.195. The number of nitrogens with zero attached hydrogens (tertiary/aromatic N) is 3. The summed E-state index contributed by atoms with van der Waals surface area (Å²) < 4.78 is 14.9. The second-order valence-electron chi connectivity index (χ2n) is 9.52. The van der Waals surface area contributed by atoms with Crippen LogP contribution in [0, 0.1) is 5.82 Å². The maximum atomic E-state index is 13.9. The second-order valence-corrected chi connectivity index (χ2v) is 10.5. The van der Waals surface area contributed by atoms with Gasteiger partial charge in [0.05, 0.1) is 11.4 Å². The Morgan fingerprint density at radius 1 is 1.14 bits per heavy atom. The van der Waals surface area contributed by atoms with Crippen molar-refractivity contribution in [3.63, 3.8) is 0 Å². The summed E-state index contributed by atoms with van der Waals surface area (Å²) in [7, 11) is 0. The molecule has 0 unspecified atom stereocenters. The van der Waals surface area contributed by atoms with Gasteiger partial charge in [-0.2, -0.15) is 5.10 Å². The molecule has 2 amide bonds. The number of carbonyl (C=O) groups excluding carboxylic acids is 2. The van der Waals surface area contributed by atoms with Crippen molar-refractivity contribution in [3.8, 4) is 10.6 Å². The number of aromatic nitrogens is 2. The number of amides is 2. The van der Waals surface area contributed by atoms with Crippen LogP contribution in [-0.4, -0.2) is 27.1 Å². The van der Waals surface area contributed by atoms with Gasteiger partial charge in [0, 0.05) is 12.2 Å². The lowest BCUT2D eigenvalue weighted by Gasteiger charge is -2.43. The van der Waals surface area contributed by atoms with Gasteiger partial charge in [-0.1, -0.05) is 44.2 Å². The molecule has 4 aromatic rings. The van der Waals surface area contributed by atoms with E-state index in [0.29, 0.717) is 23.0 Å². The van der Waals surface area contributed by atoms with Gasteiger partial charge in [-0.3, -0.25) is 19.2 Å². The van der Waals surface area contributed by atoms with Crippen LogP contribution < -0.4 is 10.2 Å². The van der Waals surface area contributed by atoms with Crippen LogP contribution in [0.4, 0.5) is 10.1 Å². The molecule has 0 fully saturated rings. The number of carbonyl (C=O) groups is 2. The van der Waals surface area contributed by atoms with Crippen molar-refractivity contribution in [3.05, 3.63) is 94.7 Å². The molecule has 1 aliphatic rings. The highest BCUT2D eigenvalue weighted by molar-refractivity contribution is 7.13. The molecule has 0 bridgehead atoms. The average molecular weight is 503 g/mol. The molecule has 5 rings (SSSR count). The van der Waals surface area contributed by atoms with E-state index in [2.05, 4.69) is 24.3 Å². The molecule has 36 heavy (non-hydrogen) atoms. The average Bonchev–Trinajstić information content (AvgIpc) is 3.54. The molecule has 0 aliphatic carbocycles. The zero-order valence-electron chi connectivity index (χ0n) is 20.4. The summed E-state index contributed by atoms with van der Waals surface area (Å²) in [5.41, 5.74) is 2.48. The van der Waals surface area contributed by atoms with E-state index in [0.717, 1.165) is 16.0 Å². The third kappa shape index (κ3) is 4.33. The SMILES string of the molecule is CC(C)c1ccc(N2C(=O)c3cc(-c4cccs4)nn3C[C@@]2(C)C(=O)NCc2ccc(F)cc2)cc1. The van der Waals surface area contributed by atoms with Crippen molar-refractivity contribution in [1.29, 1.82) is 0 Å². The Bertz CT molecular complexity index is 1390. The molecular formula is C28H27FN4O2S. The van der Waals surface area contributed by atoms with Gasteiger partial charge >= 0.3 is 0 Å². The maximum absolute atomic E-state index is 13.9. The number of halogens is 1. The van der Waals surface area contributed by atoms with Crippen LogP contribution in [0.15, 0.2) is 72.1 Å². The Balaban J connectivity index is 1.52. The van der Waals surface area contributed by atoms with Gasteiger partial charge < -0.3 is 5.32 Å².